The number of nitrogens with zero attached hydrogens (tertiary/aromatic N) is 3. The average molecular weight is 255 g/mol. The van der Waals surface area contributed by atoms with Gasteiger partial charge in [-0.25, -0.2) is 4.68 Å². The van der Waals surface area contributed by atoms with Gasteiger partial charge in [0.15, 0.2) is 11.5 Å². The standard InChI is InChI=1S/C14H13N3O2/c1-9-12(8-15)10(2)17(16-9)11-3-4-13-14(7-11)19-6-5-18-13/h3-4,7H,5-6H2,1-2H3. The molecule has 0 spiro atoms. The van der Waals surface area contributed by atoms with Crippen LogP contribution in [-0.2, 0) is 0 Å². The number of rotatable bonds is 1. The highest BCUT2D eigenvalue weighted by atomic mass is 16.6. The van der Waals surface area contributed by atoms with Gasteiger partial charge in [-0.05, 0) is 26.0 Å². The van der Waals surface area contributed by atoms with Crippen molar-refractivity contribution in [2.24, 2.45) is 0 Å². The van der Waals surface area contributed by atoms with Gasteiger partial charge in [-0.2, -0.15) is 10.4 Å². The molecule has 96 valence electrons. The lowest BCUT2D eigenvalue weighted by atomic mass is 10.2. The third kappa shape index (κ3) is 1.82. The Hall–Kier alpha value is -2.48. The summed E-state index contributed by atoms with van der Waals surface area (Å²) >= 11 is 0. The van der Waals surface area contributed by atoms with E-state index in [0.29, 0.717) is 18.8 Å². The van der Waals surface area contributed by atoms with Crippen LogP contribution in [0.15, 0.2) is 18.2 Å². The van der Waals surface area contributed by atoms with Crippen molar-refractivity contribution in [1.82, 2.24) is 9.78 Å². The number of benzene rings is 1. The number of hydrogen-bond acceptors (Lipinski definition) is 4. The fourth-order valence-corrected chi connectivity index (χ4v) is 2.22. The van der Waals surface area contributed by atoms with Crippen LogP contribution in [0, 0.1) is 25.2 Å². The zero-order valence-corrected chi connectivity index (χ0v) is 10.8. The van der Waals surface area contributed by atoms with Crippen molar-refractivity contribution in [1.29, 1.82) is 5.26 Å². The maximum Gasteiger partial charge on any atom is 0.163 e. The van der Waals surface area contributed by atoms with Crippen molar-refractivity contribution in [3.05, 3.63) is 35.2 Å². The van der Waals surface area contributed by atoms with Crippen LogP contribution in [0.1, 0.15) is 17.0 Å². The molecule has 0 unspecified atom stereocenters. The Morgan fingerprint density at radius 1 is 1.21 bits per heavy atom. The molecule has 1 aliphatic heterocycles. The first kappa shape index (κ1) is 11.6. The van der Waals surface area contributed by atoms with Gasteiger partial charge in [-0.3, -0.25) is 0 Å². The first-order chi connectivity index (χ1) is 9.20. The summed E-state index contributed by atoms with van der Waals surface area (Å²) < 4.78 is 12.8. The largest absolute Gasteiger partial charge is 0.486 e. The van der Waals surface area contributed by atoms with E-state index in [4.69, 9.17) is 14.7 Å². The Morgan fingerprint density at radius 3 is 2.63 bits per heavy atom. The van der Waals surface area contributed by atoms with E-state index in [1.54, 1.807) is 4.68 Å². The van der Waals surface area contributed by atoms with Crippen molar-refractivity contribution in [2.75, 3.05) is 13.2 Å². The highest BCUT2D eigenvalue weighted by Crippen LogP contribution is 2.32. The number of fused-ring (bicyclic) bond motifs is 1. The Kier molecular flexibility index (Phi) is 2.64. The molecule has 0 saturated carbocycles. The van der Waals surface area contributed by atoms with Gasteiger partial charge in [0.05, 0.1) is 22.6 Å². The molecule has 1 aromatic heterocycles. The van der Waals surface area contributed by atoms with Crippen LogP contribution in [0.2, 0.25) is 0 Å². The number of aryl methyl sites for hydroxylation is 1. The van der Waals surface area contributed by atoms with E-state index in [2.05, 4.69) is 11.2 Å². The summed E-state index contributed by atoms with van der Waals surface area (Å²) in [7, 11) is 0. The van der Waals surface area contributed by atoms with E-state index in [0.717, 1.165) is 28.6 Å². The molecular weight excluding hydrogens is 242 g/mol. The molecule has 0 amide bonds. The van der Waals surface area contributed by atoms with Gasteiger partial charge < -0.3 is 9.47 Å². The summed E-state index contributed by atoms with van der Waals surface area (Å²) in [5.41, 5.74) is 3.05. The van der Waals surface area contributed by atoms with Crippen LogP contribution in [0.3, 0.4) is 0 Å². The second kappa shape index (κ2) is 4.32. The summed E-state index contributed by atoms with van der Waals surface area (Å²) in [5, 5.41) is 13.5. The molecule has 0 N–H and O–H groups in total. The van der Waals surface area contributed by atoms with Crippen LogP contribution < -0.4 is 9.47 Å². The normalized spacial score (nSPS) is 13.1. The topological polar surface area (TPSA) is 60.1 Å². The molecule has 0 aliphatic carbocycles. The lowest BCUT2D eigenvalue weighted by Gasteiger charge is -2.19. The summed E-state index contributed by atoms with van der Waals surface area (Å²) in [4.78, 5) is 0. The molecule has 5 nitrogen and oxygen atoms in total. The average Bonchev–Trinajstić information content (AvgIpc) is 2.73. The van der Waals surface area contributed by atoms with Crippen molar-refractivity contribution >= 4 is 0 Å². The first-order valence-electron chi connectivity index (χ1n) is 6.07. The van der Waals surface area contributed by atoms with Crippen molar-refractivity contribution in [2.45, 2.75) is 13.8 Å². The highest BCUT2D eigenvalue weighted by molar-refractivity contribution is 5.51. The number of ether oxygens (including phenoxy) is 2. The molecule has 0 radical (unpaired) electrons. The second-order valence-electron chi connectivity index (χ2n) is 4.40. The summed E-state index contributed by atoms with van der Waals surface area (Å²) in [5.74, 6) is 1.46. The van der Waals surface area contributed by atoms with Gasteiger partial charge in [0.2, 0.25) is 0 Å². The molecular formula is C14H13N3O2. The predicted octanol–water partition coefficient (Wildman–Crippen LogP) is 2.13. The molecule has 0 atom stereocenters. The minimum absolute atomic E-state index is 0.553. The smallest absolute Gasteiger partial charge is 0.163 e. The number of hydrogen-bond donors (Lipinski definition) is 0. The SMILES string of the molecule is Cc1nn(-c2ccc3c(c2)OCCO3)c(C)c1C#N. The van der Waals surface area contributed by atoms with Gasteiger partial charge in [0.1, 0.15) is 19.3 Å². The third-order valence-corrected chi connectivity index (χ3v) is 3.17. The van der Waals surface area contributed by atoms with Crippen molar-refractivity contribution in [3.63, 3.8) is 0 Å². The zero-order valence-electron chi connectivity index (χ0n) is 10.8. The van der Waals surface area contributed by atoms with E-state index in [-0.39, 0.29) is 0 Å². The van der Waals surface area contributed by atoms with Crippen molar-refractivity contribution in [3.8, 4) is 23.3 Å². The van der Waals surface area contributed by atoms with Gasteiger partial charge in [0.25, 0.3) is 0 Å². The van der Waals surface area contributed by atoms with E-state index in [1.165, 1.54) is 0 Å². The van der Waals surface area contributed by atoms with E-state index < -0.39 is 0 Å². The Morgan fingerprint density at radius 2 is 1.95 bits per heavy atom. The maximum atomic E-state index is 9.10. The van der Waals surface area contributed by atoms with Gasteiger partial charge in [-0.1, -0.05) is 0 Å². The maximum absolute atomic E-state index is 9.10. The first-order valence-corrected chi connectivity index (χ1v) is 6.07. The van der Waals surface area contributed by atoms with E-state index in [1.807, 2.05) is 32.0 Å². The molecule has 19 heavy (non-hydrogen) atoms. The summed E-state index contributed by atoms with van der Waals surface area (Å²) in [6, 6.07) is 7.84. The zero-order chi connectivity index (χ0) is 13.4. The van der Waals surface area contributed by atoms with Crippen LogP contribution >= 0.6 is 0 Å². The molecule has 5 heteroatoms. The molecule has 0 bridgehead atoms. The second-order valence-corrected chi connectivity index (χ2v) is 4.40. The third-order valence-electron chi connectivity index (χ3n) is 3.17. The number of nitriles is 1. The Labute approximate surface area is 111 Å². The molecule has 0 fully saturated rings. The minimum Gasteiger partial charge on any atom is -0.486 e. The highest BCUT2D eigenvalue weighted by Gasteiger charge is 2.16. The summed E-state index contributed by atoms with van der Waals surface area (Å²) in [6.45, 7) is 4.84. The van der Waals surface area contributed by atoms with Gasteiger partial charge in [0, 0.05) is 6.07 Å². The molecule has 1 aliphatic rings. The molecule has 3 rings (SSSR count). The van der Waals surface area contributed by atoms with Crippen molar-refractivity contribution < 1.29 is 9.47 Å². The van der Waals surface area contributed by atoms with Crippen LogP contribution in [0.5, 0.6) is 11.5 Å². The van der Waals surface area contributed by atoms with Gasteiger partial charge in [-0.15, -0.1) is 0 Å². The Bertz CT molecular complexity index is 683. The molecule has 2 aromatic rings. The predicted molar refractivity (Wildman–Crippen MR) is 68.7 cm³/mol. The Balaban J connectivity index is 2.10. The van der Waals surface area contributed by atoms with Crippen LogP contribution in [0.25, 0.3) is 5.69 Å². The summed E-state index contributed by atoms with van der Waals surface area (Å²) in [6.07, 6.45) is 0. The minimum atomic E-state index is 0.553. The number of aromatic nitrogens is 2. The molecule has 1 aromatic carbocycles. The van der Waals surface area contributed by atoms with Crippen LogP contribution in [0.4, 0.5) is 0 Å². The van der Waals surface area contributed by atoms with E-state index >= 15 is 0 Å². The quantitative estimate of drug-likeness (QED) is 0.783. The molecule has 0 saturated heterocycles. The molecule has 2 heterocycles. The fourth-order valence-electron chi connectivity index (χ4n) is 2.22. The fraction of sp³-hybridized carbons (Fsp3) is 0.286. The lowest BCUT2D eigenvalue weighted by molar-refractivity contribution is 0.171. The lowest BCUT2D eigenvalue weighted by Crippen LogP contribution is -2.15. The van der Waals surface area contributed by atoms with E-state index in [9.17, 15) is 0 Å². The monoisotopic (exact) mass is 255 g/mol. The van der Waals surface area contributed by atoms with Crippen LogP contribution in [-0.4, -0.2) is 23.0 Å². The van der Waals surface area contributed by atoms with Gasteiger partial charge >= 0.3 is 0 Å².